The zero-order valence-corrected chi connectivity index (χ0v) is 10.0. The molecule has 2 rings (SSSR count). The Kier molecular flexibility index (Phi) is 4.25. The molecule has 1 heterocycles. The molecule has 1 aromatic carbocycles. The van der Waals surface area contributed by atoms with Gasteiger partial charge < -0.3 is 10.6 Å². The van der Waals surface area contributed by atoms with Crippen LogP contribution in [0.1, 0.15) is 18.4 Å². The molecule has 1 aliphatic heterocycles. The lowest BCUT2D eigenvalue weighted by Crippen LogP contribution is -2.46. The molecule has 1 amide bonds. The Balaban J connectivity index is 1.90. The fourth-order valence-corrected chi connectivity index (χ4v) is 2.09. The fraction of sp³-hybridized carbons (Fsp3) is 0.462. The molecule has 0 aromatic heterocycles. The Morgan fingerprint density at radius 3 is 2.94 bits per heavy atom. The van der Waals surface area contributed by atoms with Gasteiger partial charge in [-0.2, -0.15) is 0 Å². The molecule has 0 saturated carbocycles. The molecule has 0 bridgehead atoms. The largest absolute Gasteiger partial charge is 0.352 e. The second kappa shape index (κ2) is 5.91. The molecule has 2 N–H and O–H groups in total. The van der Waals surface area contributed by atoms with Crippen LogP contribution < -0.4 is 10.6 Å². The van der Waals surface area contributed by atoms with Crippen molar-refractivity contribution in [2.24, 2.45) is 0 Å². The van der Waals surface area contributed by atoms with Crippen LogP contribution >= 0.6 is 0 Å². The van der Waals surface area contributed by atoms with E-state index < -0.39 is 11.6 Å². The number of nitrogens with one attached hydrogen (secondary N) is 2. The van der Waals surface area contributed by atoms with Crippen molar-refractivity contribution in [3.63, 3.8) is 0 Å². The third-order valence-electron chi connectivity index (χ3n) is 3.03. The second-order valence-electron chi connectivity index (χ2n) is 4.52. The van der Waals surface area contributed by atoms with Crippen LogP contribution in [0.5, 0.6) is 0 Å². The smallest absolute Gasteiger partial charge is 0.224 e. The molecule has 18 heavy (non-hydrogen) atoms. The summed E-state index contributed by atoms with van der Waals surface area (Å²) < 4.78 is 26.1. The minimum atomic E-state index is -0.674. The number of halogens is 2. The van der Waals surface area contributed by atoms with Crippen LogP contribution in [0.2, 0.25) is 0 Å². The monoisotopic (exact) mass is 254 g/mol. The predicted octanol–water partition coefficient (Wildman–Crippen LogP) is 1.38. The van der Waals surface area contributed by atoms with E-state index in [0.717, 1.165) is 38.1 Å². The summed E-state index contributed by atoms with van der Waals surface area (Å²) in [5.74, 6) is -1.53. The van der Waals surface area contributed by atoms with Crippen molar-refractivity contribution in [2.45, 2.75) is 25.3 Å². The summed E-state index contributed by atoms with van der Waals surface area (Å²) in [5.41, 5.74) is 0.220. The molecule has 0 radical (unpaired) electrons. The first-order chi connectivity index (χ1) is 8.65. The first kappa shape index (κ1) is 13.0. The summed E-state index contributed by atoms with van der Waals surface area (Å²) in [5, 5.41) is 6.03. The van der Waals surface area contributed by atoms with E-state index in [9.17, 15) is 13.6 Å². The van der Waals surface area contributed by atoms with Crippen LogP contribution in [0.25, 0.3) is 0 Å². The summed E-state index contributed by atoms with van der Waals surface area (Å²) >= 11 is 0. The topological polar surface area (TPSA) is 41.1 Å². The highest BCUT2D eigenvalue weighted by Crippen LogP contribution is 2.10. The van der Waals surface area contributed by atoms with Crippen molar-refractivity contribution in [2.75, 3.05) is 13.1 Å². The highest BCUT2D eigenvalue weighted by atomic mass is 19.1. The summed E-state index contributed by atoms with van der Waals surface area (Å²) in [4.78, 5) is 11.7. The van der Waals surface area contributed by atoms with E-state index in [-0.39, 0.29) is 23.9 Å². The van der Waals surface area contributed by atoms with E-state index in [1.807, 2.05) is 0 Å². The maximum Gasteiger partial charge on any atom is 0.224 e. The highest BCUT2D eigenvalue weighted by molar-refractivity contribution is 5.78. The lowest BCUT2D eigenvalue weighted by molar-refractivity contribution is -0.121. The minimum absolute atomic E-state index is 0.0530. The number of rotatable bonds is 3. The Hall–Kier alpha value is -1.49. The van der Waals surface area contributed by atoms with E-state index in [2.05, 4.69) is 10.6 Å². The molecule has 0 aliphatic carbocycles. The average Bonchev–Trinajstić information content (AvgIpc) is 2.34. The number of hydrogen-bond donors (Lipinski definition) is 2. The van der Waals surface area contributed by atoms with Crippen molar-refractivity contribution < 1.29 is 13.6 Å². The Bertz CT molecular complexity index is 431. The second-order valence-corrected chi connectivity index (χ2v) is 4.52. The SMILES string of the molecule is O=C(Cc1ccc(F)cc1F)N[C@H]1CCCNC1. The third-order valence-corrected chi connectivity index (χ3v) is 3.03. The van der Waals surface area contributed by atoms with Crippen LogP contribution in [0.4, 0.5) is 8.78 Å². The van der Waals surface area contributed by atoms with Gasteiger partial charge in [0.2, 0.25) is 5.91 Å². The summed E-state index contributed by atoms with van der Waals surface area (Å²) in [7, 11) is 0. The summed E-state index contributed by atoms with van der Waals surface area (Å²) in [6.07, 6.45) is 1.91. The van der Waals surface area contributed by atoms with Gasteiger partial charge in [0.25, 0.3) is 0 Å². The normalized spacial score (nSPS) is 19.6. The molecule has 0 unspecified atom stereocenters. The Labute approximate surface area is 105 Å². The lowest BCUT2D eigenvalue weighted by atomic mass is 10.1. The molecule has 3 nitrogen and oxygen atoms in total. The van der Waals surface area contributed by atoms with E-state index in [1.165, 1.54) is 6.07 Å². The third kappa shape index (κ3) is 3.50. The van der Waals surface area contributed by atoms with Gasteiger partial charge in [0.1, 0.15) is 11.6 Å². The van der Waals surface area contributed by atoms with Crippen LogP contribution in [-0.4, -0.2) is 25.0 Å². The van der Waals surface area contributed by atoms with Crippen LogP contribution in [0.3, 0.4) is 0 Å². The molecule has 1 aliphatic rings. The standard InChI is InChI=1S/C13H16F2N2O/c14-10-4-3-9(12(15)7-10)6-13(18)17-11-2-1-5-16-8-11/h3-4,7,11,16H,1-2,5-6,8H2,(H,17,18)/t11-/m0/s1. The zero-order valence-electron chi connectivity index (χ0n) is 10.0. The Morgan fingerprint density at radius 1 is 1.44 bits per heavy atom. The molecular formula is C13H16F2N2O. The highest BCUT2D eigenvalue weighted by Gasteiger charge is 2.16. The molecule has 1 fully saturated rings. The number of amides is 1. The van der Waals surface area contributed by atoms with Gasteiger partial charge in [-0.05, 0) is 31.0 Å². The quantitative estimate of drug-likeness (QED) is 0.855. The van der Waals surface area contributed by atoms with Crippen molar-refractivity contribution in [1.29, 1.82) is 0 Å². The van der Waals surface area contributed by atoms with E-state index >= 15 is 0 Å². The van der Waals surface area contributed by atoms with Crippen molar-refractivity contribution in [3.8, 4) is 0 Å². The van der Waals surface area contributed by atoms with Crippen LogP contribution in [-0.2, 0) is 11.2 Å². The lowest BCUT2D eigenvalue weighted by Gasteiger charge is -2.23. The van der Waals surface area contributed by atoms with Gasteiger partial charge in [-0.15, -0.1) is 0 Å². The summed E-state index contributed by atoms with van der Waals surface area (Å²) in [6.45, 7) is 1.72. The van der Waals surface area contributed by atoms with Crippen molar-refractivity contribution >= 4 is 5.91 Å². The van der Waals surface area contributed by atoms with Gasteiger partial charge >= 0.3 is 0 Å². The average molecular weight is 254 g/mol. The molecule has 1 atom stereocenters. The molecule has 98 valence electrons. The van der Waals surface area contributed by atoms with Gasteiger partial charge in [-0.25, -0.2) is 8.78 Å². The molecule has 1 saturated heterocycles. The van der Waals surface area contributed by atoms with E-state index in [1.54, 1.807) is 0 Å². The van der Waals surface area contributed by atoms with E-state index in [4.69, 9.17) is 0 Å². The van der Waals surface area contributed by atoms with E-state index in [0.29, 0.717) is 0 Å². The van der Waals surface area contributed by atoms with Gasteiger partial charge in [-0.3, -0.25) is 4.79 Å². The zero-order chi connectivity index (χ0) is 13.0. The number of carbonyl (C=O) groups is 1. The maximum absolute atomic E-state index is 13.4. The first-order valence-corrected chi connectivity index (χ1v) is 6.09. The predicted molar refractivity (Wildman–Crippen MR) is 64.1 cm³/mol. The number of carbonyl (C=O) groups excluding carboxylic acids is 1. The number of piperidine rings is 1. The van der Waals surface area contributed by atoms with Gasteiger partial charge in [0.15, 0.2) is 0 Å². The Morgan fingerprint density at radius 2 is 2.28 bits per heavy atom. The maximum atomic E-state index is 13.4. The first-order valence-electron chi connectivity index (χ1n) is 6.09. The number of benzene rings is 1. The fourth-order valence-electron chi connectivity index (χ4n) is 2.09. The molecule has 5 heteroatoms. The molecule has 1 aromatic rings. The molecule has 0 spiro atoms. The summed E-state index contributed by atoms with van der Waals surface area (Å²) in [6, 6.07) is 3.37. The number of hydrogen-bond acceptors (Lipinski definition) is 2. The van der Waals surface area contributed by atoms with Crippen LogP contribution in [0, 0.1) is 11.6 Å². The van der Waals surface area contributed by atoms with Gasteiger partial charge in [-0.1, -0.05) is 6.07 Å². The van der Waals surface area contributed by atoms with Crippen molar-refractivity contribution in [1.82, 2.24) is 10.6 Å². The van der Waals surface area contributed by atoms with Gasteiger partial charge in [0.05, 0.1) is 6.42 Å². The van der Waals surface area contributed by atoms with Crippen molar-refractivity contribution in [3.05, 3.63) is 35.4 Å². The van der Waals surface area contributed by atoms with Gasteiger partial charge in [0, 0.05) is 18.7 Å². The minimum Gasteiger partial charge on any atom is -0.352 e. The van der Waals surface area contributed by atoms with Crippen LogP contribution in [0.15, 0.2) is 18.2 Å². The molecular weight excluding hydrogens is 238 g/mol.